The van der Waals surface area contributed by atoms with E-state index in [0.29, 0.717) is 6.54 Å². The van der Waals surface area contributed by atoms with Gasteiger partial charge >= 0.3 is 6.61 Å². The summed E-state index contributed by atoms with van der Waals surface area (Å²) in [6, 6.07) is 13.1. The highest BCUT2D eigenvalue weighted by atomic mass is 19.3. The number of phenols is 1. The van der Waals surface area contributed by atoms with Crippen molar-refractivity contribution in [2.75, 3.05) is 5.32 Å². The van der Waals surface area contributed by atoms with Crippen molar-refractivity contribution in [3.8, 4) is 11.5 Å². The first-order valence-corrected chi connectivity index (χ1v) is 5.70. The molecule has 0 bridgehead atoms. The van der Waals surface area contributed by atoms with Gasteiger partial charge in [-0.05, 0) is 29.8 Å². The van der Waals surface area contributed by atoms with E-state index in [2.05, 4.69) is 10.1 Å². The zero-order valence-corrected chi connectivity index (χ0v) is 10.0. The van der Waals surface area contributed by atoms with Crippen LogP contribution in [0.5, 0.6) is 11.5 Å². The first kappa shape index (κ1) is 13.1. The molecule has 0 aromatic heterocycles. The largest absolute Gasteiger partial charge is 0.508 e. The molecule has 2 aromatic rings. The van der Waals surface area contributed by atoms with Gasteiger partial charge in [0, 0.05) is 18.3 Å². The molecule has 0 heterocycles. The van der Waals surface area contributed by atoms with E-state index >= 15 is 0 Å². The van der Waals surface area contributed by atoms with E-state index in [1.54, 1.807) is 30.3 Å². The lowest BCUT2D eigenvalue weighted by Crippen LogP contribution is -2.02. The Labute approximate surface area is 109 Å². The second-order valence-electron chi connectivity index (χ2n) is 3.93. The summed E-state index contributed by atoms with van der Waals surface area (Å²) in [4.78, 5) is 0. The van der Waals surface area contributed by atoms with Crippen molar-refractivity contribution in [1.82, 2.24) is 0 Å². The third-order valence-electron chi connectivity index (χ3n) is 2.49. The number of benzene rings is 2. The molecule has 0 aliphatic heterocycles. The molecule has 0 radical (unpaired) electrons. The van der Waals surface area contributed by atoms with Crippen molar-refractivity contribution in [2.45, 2.75) is 13.2 Å². The SMILES string of the molecule is Oc1cccc(NCc2ccc(OC(F)F)cc2)c1. The zero-order valence-electron chi connectivity index (χ0n) is 10.0. The number of aromatic hydroxyl groups is 1. The van der Waals surface area contributed by atoms with Crippen molar-refractivity contribution >= 4 is 5.69 Å². The topological polar surface area (TPSA) is 41.5 Å². The highest BCUT2D eigenvalue weighted by Gasteiger charge is 2.03. The van der Waals surface area contributed by atoms with Gasteiger partial charge in [0.25, 0.3) is 0 Å². The number of halogens is 2. The number of anilines is 1. The van der Waals surface area contributed by atoms with Crippen LogP contribution in [0.2, 0.25) is 0 Å². The van der Waals surface area contributed by atoms with Crippen molar-refractivity contribution < 1.29 is 18.6 Å². The van der Waals surface area contributed by atoms with Gasteiger partial charge in [0.2, 0.25) is 0 Å². The summed E-state index contributed by atoms with van der Waals surface area (Å²) in [6.07, 6.45) is 0. The predicted molar refractivity (Wildman–Crippen MR) is 68.5 cm³/mol. The lowest BCUT2D eigenvalue weighted by atomic mass is 10.2. The molecule has 0 spiro atoms. The fourth-order valence-corrected chi connectivity index (χ4v) is 1.61. The van der Waals surface area contributed by atoms with Crippen LogP contribution < -0.4 is 10.1 Å². The second kappa shape index (κ2) is 6.04. The number of hydrogen-bond acceptors (Lipinski definition) is 3. The summed E-state index contributed by atoms with van der Waals surface area (Å²) in [5.41, 5.74) is 1.71. The van der Waals surface area contributed by atoms with Crippen LogP contribution in [0, 0.1) is 0 Å². The Hall–Kier alpha value is -2.30. The van der Waals surface area contributed by atoms with E-state index in [9.17, 15) is 13.9 Å². The lowest BCUT2D eigenvalue weighted by Gasteiger charge is -2.08. The van der Waals surface area contributed by atoms with E-state index in [4.69, 9.17) is 0 Å². The van der Waals surface area contributed by atoms with E-state index in [1.165, 1.54) is 12.1 Å². The summed E-state index contributed by atoms with van der Waals surface area (Å²) in [7, 11) is 0. The quantitative estimate of drug-likeness (QED) is 0.867. The third-order valence-corrected chi connectivity index (χ3v) is 2.49. The summed E-state index contributed by atoms with van der Waals surface area (Å²) < 4.78 is 28.2. The standard InChI is InChI=1S/C14H13F2NO2/c15-14(16)19-13-6-4-10(5-7-13)9-17-11-2-1-3-12(18)8-11/h1-8,14,17-18H,9H2. The van der Waals surface area contributed by atoms with Crippen LogP contribution in [0.15, 0.2) is 48.5 Å². The molecule has 3 nitrogen and oxygen atoms in total. The summed E-state index contributed by atoms with van der Waals surface area (Å²) in [5.74, 6) is 0.321. The molecule has 2 aromatic carbocycles. The van der Waals surface area contributed by atoms with Gasteiger partial charge in [-0.15, -0.1) is 0 Å². The Kier molecular flexibility index (Phi) is 4.18. The molecule has 2 rings (SSSR count). The molecule has 0 amide bonds. The summed E-state index contributed by atoms with van der Waals surface area (Å²) in [6.45, 7) is -2.28. The summed E-state index contributed by atoms with van der Waals surface area (Å²) >= 11 is 0. The maximum Gasteiger partial charge on any atom is 0.387 e. The van der Waals surface area contributed by atoms with E-state index in [1.807, 2.05) is 6.07 Å². The van der Waals surface area contributed by atoms with Crippen LogP contribution in [0.1, 0.15) is 5.56 Å². The lowest BCUT2D eigenvalue weighted by molar-refractivity contribution is -0.0498. The van der Waals surface area contributed by atoms with Crippen LogP contribution >= 0.6 is 0 Å². The maximum atomic E-state index is 12.0. The van der Waals surface area contributed by atoms with E-state index in [0.717, 1.165) is 11.3 Å². The van der Waals surface area contributed by atoms with Crippen molar-refractivity contribution in [3.63, 3.8) is 0 Å². The number of alkyl halides is 2. The monoisotopic (exact) mass is 265 g/mol. The van der Waals surface area contributed by atoms with Crippen LogP contribution in [0.3, 0.4) is 0 Å². The summed E-state index contributed by atoms with van der Waals surface area (Å²) in [5, 5.41) is 12.4. The number of phenolic OH excluding ortho intramolecular Hbond substituents is 1. The molecule has 19 heavy (non-hydrogen) atoms. The molecule has 0 saturated carbocycles. The normalized spacial score (nSPS) is 10.5. The Morgan fingerprint density at radius 2 is 1.84 bits per heavy atom. The molecule has 0 saturated heterocycles. The molecule has 0 atom stereocenters. The van der Waals surface area contributed by atoms with Gasteiger partial charge in [-0.25, -0.2) is 0 Å². The fourth-order valence-electron chi connectivity index (χ4n) is 1.61. The Morgan fingerprint density at radius 1 is 1.11 bits per heavy atom. The highest BCUT2D eigenvalue weighted by Crippen LogP contribution is 2.18. The first-order valence-electron chi connectivity index (χ1n) is 5.70. The highest BCUT2D eigenvalue weighted by molar-refractivity contribution is 5.48. The van der Waals surface area contributed by atoms with Gasteiger partial charge in [0.1, 0.15) is 11.5 Å². The first-order chi connectivity index (χ1) is 9.13. The van der Waals surface area contributed by atoms with Gasteiger partial charge in [-0.1, -0.05) is 18.2 Å². The molecule has 5 heteroatoms. The average Bonchev–Trinajstić information content (AvgIpc) is 2.37. The number of ether oxygens (including phenoxy) is 1. The van der Waals surface area contributed by atoms with Crippen LogP contribution in [-0.4, -0.2) is 11.7 Å². The van der Waals surface area contributed by atoms with Crippen LogP contribution in [-0.2, 0) is 6.54 Å². The van der Waals surface area contributed by atoms with E-state index < -0.39 is 6.61 Å². The maximum absolute atomic E-state index is 12.0. The van der Waals surface area contributed by atoms with Gasteiger partial charge in [-0.3, -0.25) is 0 Å². The molecule has 100 valence electrons. The zero-order chi connectivity index (χ0) is 13.7. The van der Waals surface area contributed by atoms with Crippen LogP contribution in [0.4, 0.5) is 14.5 Å². The van der Waals surface area contributed by atoms with Crippen molar-refractivity contribution in [3.05, 3.63) is 54.1 Å². The Bertz CT molecular complexity index is 529. The van der Waals surface area contributed by atoms with E-state index in [-0.39, 0.29) is 11.5 Å². The second-order valence-corrected chi connectivity index (χ2v) is 3.93. The van der Waals surface area contributed by atoms with Gasteiger partial charge in [0.05, 0.1) is 0 Å². The minimum absolute atomic E-state index is 0.135. The molecular weight excluding hydrogens is 252 g/mol. The Balaban J connectivity index is 1.93. The van der Waals surface area contributed by atoms with Gasteiger partial charge in [-0.2, -0.15) is 8.78 Å². The smallest absolute Gasteiger partial charge is 0.387 e. The molecular formula is C14H13F2NO2. The van der Waals surface area contributed by atoms with Gasteiger partial charge in [0.15, 0.2) is 0 Å². The minimum atomic E-state index is -2.81. The number of nitrogens with one attached hydrogen (secondary N) is 1. The Morgan fingerprint density at radius 3 is 2.47 bits per heavy atom. The fraction of sp³-hybridized carbons (Fsp3) is 0.143. The van der Waals surface area contributed by atoms with Crippen molar-refractivity contribution in [2.24, 2.45) is 0 Å². The number of hydrogen-bond donors (Lipinski definition) is 2. The van der Waals surface area contributed by atoms with Gasteiger partial charge < -0.3 is 15.2 Å². The average molecular weight is 265 g/mol. The predicted octanol–water partition coefficient (Wildman–Crippen LogP) is 3.61. The molecule has 0 aliphatic rings. The number of rotatable bonds is 5. The van der Waals surface area contributed by atoms with Crippen LogP contribution in [0.25, 0.3) is 0 Å². The molecule has 0 fully saturated rings. The molecule has 2 N–H and O–H groups in total. The minimum Gasteiger partial charge on any atom is -0.508 e. The van der Waals surface area contributed by atoms with Crippen molar-refractivity contribution in [1.29, 1.82) is 0 Å². The third kappa shape index (κ3) is 4.13. The molecule has 0 unspecified atom stereocenters. The molecule has 0 aliphatic carbocycles.